The number of fused-ring (bicyclic) bond motifs is 1. The smallest absolute Gasteiger partial charge is 0.326 e. The first kappa shape index (κ1) is 20.3. The van der Waals surface area contributed by atoms with Crippen molar-refractivity contribution in [1.29, 1.82) is 0 Å². The molecule has 0 amide bonds. The van der Waals surface area contributed by atoms with Crippen molar-refractivity contribution in [2.24, 2.45) is 0 Å². The molecule has 0 fully saturated rings. The number of benzene rings is 2. The van der Waals surface area contributed by atoms with Crippen LogP contribution in [0.5, 0.6) is 0 Å². The first-order valence-electron chi connectivity index (χ1n) is 8.57. The molecule has 0 N–H and O–H groups in total. The van der Waals surface area contributed by atoms with E-state index in [0.717, 1.165) is 30.9 Å². The Morgan fingerprint density at radius 3 is 2.48 bits per heavy atom. The lowest BCUT2D eigenvalue weighted by Gasteiger charge is -2.20. The molecule has 0 aliphatic carbocycles. The third kappa shape index (κ3) is 4.89. The molecule has 0 unspecified atom stereocenters. The molecule has 3 nitrogen and oxygen atoms in total. The van der Waals surface area contributed by atoms with Crippen LogP contribution in [0, 0.1) is 6.92 Å². The number of esters is 1. The number of hydrogen-bond donors (Lipinski definition) is 0. The maximum atomic E-state index is 12.4. The number of halogens is 2. The third-order valence-electron chi connectivity index (χ3n) is 3.97. The van der Waals surface area contributed by atoms with Crippen molar-refractivity contribution in [3.05, 3.63) is 57.7 Å². The summed E-state index contributed by atoms with van der Waals surface area (Å²) in [4.78, 5) is 14.6. The summed E-state index contributed by atoms with van der Waals surface area (Å²) in [5, 5.41) is 1.82. The zero-order chi connectivity index (χ0) is 19.8. The van der Waals surface area contributed by atoms with E-state index in [0.29, 0.717) is 5.02 Å². The summed E-state index contributed by atoms with van der Waals surface area (Å²) in [5.41, 5.74) is 1.55. The minimum atomic E-state index is -0.502. The van der Waals surface area contributed by atoms with Crippen LogP contribution in [-0.4, -0.2) is 16.1 Å². The van der Waals surface area contributed by atoms with E-state index in [1.54, 1.807) is 11.8 Å². The molecule has 0 atom stereocenters. The lowest BCUT2D eigenvalue weighted by atomic mass is 10.2. The Kier molecular flexibility index (Phi) is 5.94. The number of carbonyl (C=O) groups excluding carboxylic acids is 1. The Morgan fingerprint density at radius 2 is 1.85 bits per heavy atom. The highest BCUT2D eigenvalue weighted by atomic mass is 79.9. The summed E-state index contributed by atoms with van der Waals surface area (Å²) in [6.07, 6.45) is 0. The Balaban J connectivity index is 2.03. The van der Waals surface area contributed by atoms with Gasteiger partial charge in [0.1, 0.15) is 12.1 Å². The maximum absolute atomic E-state index is 12.4. The van der Waals surface area contributed by atoms with Gasteiger partial charge in [0.15, 0.2) is 0 Å². The minimum absolute atomic E-state index is 0.183. The van der Waals surface area contributed by atoms with Crippen LogP contribution in [0.2, 0.25) is 5.02 Å². The molecule has 1 aromatic heterocycles. The second kappa shape index (κ2) is 7.90. The predicted molar refractivity (Wildman–Crippen MR) is 116 cm³/mol. The molecular weight excluding hydrogens is 446 g/mol. The summed E-state index contributed by atoms with van der Waals surface area (Å²) in [7, 11) is 0. The fourth-order valence-corrected chi connectivity index (χ4v) is 4.41. The zero-order valence-electron chi connectivity index (χ0n) is 15.7. The molecule has 0 aliphatic heterocycles. The number of aromatic nitrogens is 1. The molecule has 0 spiro atoms. The lowest BCUT2D eigenvalue weighted by Crippen LogP contribution is -2.26. The summed E-state index contributed by atoms with van der Waals surface area (Å²) >= 11 is 11.2. The SMILES string of the molecule is Cc1c(Sc2ccc(Cl)cc2)c2cc(Br)ccc2n1CC(=O)OC(C)(C)C. The normalized spacial score (nSPS) is 11.8. The van der Waals surface area contributed by atoms with Crippen LogP contribution in [0.4, 0.5) is 0 Å². The van der Waals surface area contributed by atoms with Crippen LogP contribution in [0.3, 0.4) is 0 Å². The quantitative estimate of drug-likeness (QED) is 0.394. The first-order valence-corrected chi connectivity index (χ1v) is 10.6. The van der Waals surface area contributed by atoms with Gasteiger partial charge in [0.25, 0.3) is 0 Å². The van der Waals surface area contributed by atoms with Crippen LogP contribution in [0.25, 0.3) is 10.9 Å². The highest BCUT2D eigenvalue weighted by Crippen LogP contribution is 2.39. The van der Waals surface area contributed by atoms with Crippen LogP contribution in [-0.2, 0) is 16.1 Å². The van der Waals surface area contributed by atoms with Crippen LogP contribution < -0.4 is 0 Å². The average molecular weight is 467 g/mol. The molecule has 0 saturated carbocycles. The van der Waals surface area contributed by atoms with Crippen molar-refractivity contribution >= 4 is 56.2 Å². The molecule has 0 aliphatic rings. The minimum Gasteiger partial charge on any atom is -0.459 e. The molecule has 3 aromatic rings. The molecule has 27 heavy (non-hydrogen) atoms. The van der Waals surface area contributed by atoms with Gasteiger partial charge in [-0.15, -0.1) is 0 Å². The van der Waals surface area contributed by atoms with Crippen molar-refractivity contribution in [3.8, 4) is 0 Å². The number of rotatable bonds is 4. The van der Waals surface area contributed by atoms with Gasteiger partial charge in [0, 0.05) is 30.4 Å². The number of hydrogen-bond acceptors (Lipinski definition) is 3. The summed E-state index contributed by atoms with van der Waals surface area (Å²) < 4.78 is 8.54. The zero-order valence-corrected chi connectivity index (χ0v) is 18.8. The Hall–Kier alpha value is -1.43. The van der Waals surface area contributed by atoms with Gasteiger partial charge in [-0.2, -0.15) is 0 Å². The average Bonchev–Trinajstić information content (AvgIpc) is 2.80. The topological polar surface area (TPSA) is 31.2 Å². The van der Waals surface area contributed by atoms with Gasteiger partial charge >= 0.3 is 5.97 Å². The Morgan fingerprint density at radius 1 is 1.19 bits per heavy atom. The Bertz CT molecular complexity index is 990. The second-order valence-corrected chi connectivity index (χ2v) is 9.74. The van der Waals surface area contributed by atoms with E-state index in [4.69, 9.17) is 16.3 Å². The van der Waals surface area contributed by atoms with Crippen molar-refractivity contribution in [2.45, 2.75) is 49.6 Å². The predicted octanol–water partition coefficient (Wildman–Crippen LogP) is 6.86. The van der Waals surface area contributed by atoms with E-state index in [9.17, 15) is 4.79 Å². The monoisotopic (exact) mass is 465 g/mol. The largest absolute Gasteiger partial charge is 0.459 e. The van der Waals surface area contributed by atoms with E-state index in [-0.39, 0.29) is 12.5 Å². The van der Waals surface area contributed by atoms with Crippen molar-refractivity contribution in [3.63, 3.8) is 0 Å². The van der Waals surface area contributed by atoms with Crippen molar-refractivity contribution in [1.82, 2.24) is 4.57 Å². The van der Waals surface area contributed by atoms with E-state index >= 15 is 0 Å². The van der Waals surface area contributed by atoms with Gasteiger partial charge in [-0.1, -0.05) is 39.3 Å². The van der Waals surface area contributed by atoms with Crippen LogP contribution in [0.15, 0.2) is 56.7 Å². The summed E-state index contributed by atoms with van der Waals surface area (Å²) in [6, 6.07) is 13.9. The van der Waals surface area contributed by atoms with E-state index in [1.807, 2.05) is 68.7 Å². The Labute approximate surface area is 177 Å². The fourth-order valence-electron chi connectivity index (χ4n) is 2.88. The molecule has 0 bridgehead atoms. The fraction of sp³-hybridized carbons (Fsp3) is 0.286. The molecule has 1 heterocycles. The summed E-state index contributed by atoms with van der Waals surface area (Å²) in [5.74, 6) is -0.242. The van der Waals surface area contributed by atoms with Gasteiger partial charge in [0.2, 0.25) is 0 Å². The van der Waals surface area contributed by atoms with Crippen LogP contribution >= 0.6 is 39.3 Å². The second-order valence-electron chi connectivity index (χ2n) is 7.30. The highest BCUT2D eigenvalue weighted by Gasteiger charge is 2.21. The van der Waals surface area contributed by atoms with Gasteiger partial charge in [-0.25, -0.2) is 0 Å². The first-order chi connectivity index (χ1) is 12.6. The van der Waals surface area contributed by atoms with Gasteiger partial charge in [-0.3, -0.25) is 4.79 Å². The number of nitrogens with zero attached hydrogens (tertiary/aromatic N) is 1. The molecule has 3 rings (SSSR count). The molecule has 142 valence electrons. The van der Waals surface area contributed by atoms with E-state index < -0.39 is 5.60 Å². The van der Waals surface area contributed by atoms with Gasteiger partial charge in [-0.05, 0) is 70.2 Å². The molecule has 0 radical (unpaired) electrons. The van der Waals surface area contributed by atoms with E-state index in [1.165, 1.54) is 0 Å². The summed E-state index contributed by atoms with van der Waals surface area (Å²) in [6.45, 7) is 7.86. The standard InChI is InChI=1S/C21H21BrClNO2S/c1-13-20(27-16-8-6-15(23)7-9-16)17-11-14(22)5-10-18(17)24(13)12-19(25)26-21(2,3)4/h5-11H,12H2,1-4H3. The molecule has 0 saturated heterocycles. The van der Waals surface area contributed by atoms with Crippen LogP contribution in [0.1, 0.15) is 26.5 Å². The molecule has 2 aromatic carbocycles. The lowest BCUT2D eigenvalue weighted by molar-refractivity contribution is -0.155. The maximum Gasteiger partial charge on any atom is 0.326 e. The van der Waals surface area contributed by atoms with Crippen molar-refractivity contribution < 1.29 is 9.53 Å². The van der Waals surface area contributed by atoms with E-state index in [2.05, 4.69) is 22.0 Å². The number of ether oxygens (including phenoxy) is 1. The highest BCUT2D eigenvalue weighted by molar-refractivity contribution is 9.10. The molecular formula is C21H21BrClNO2S. The van der Waals surface area contributed by atoms with Gasteiger partial charge in [0.05, 0.1) is 5.52 Å². The van der Waals surface area contributed by atoms with Crippen molar-refractivity contribution in [2.75, 3.05) is 0 Å². The molecule has 6 heteroatoms. The third-order valence-corrected chi connectivity index (χ3v) is 5.94. The number of carbonyl (C=O) groups is 1. The van der Waals surface area contributed by atoms with Gasteiger partial charge < -0.3 is 9.30 Å².